The van der Waals surface area contributed by atoms with E-state index >= 15 is 0 Å². The minimum absolute atomic E-state index is 0.298. The van der Waals surface area contributed by atoms with Crippen LogP contribution >= 0.6 is 23.2 Å². The number of halogens is 5. The normalized spacial score (nSPS) is 23.6. The molecule has 14 heavy (non-hydrogen) atoms. The average molecular weight is 241 g/mol. The van der Waals surface area contributed by atoms with Crippen LogP contribution in [0.15, 0.2) is 12.1 Å². The molecule has 0 aromatic heterocycles. The molecule has 1 unspecified atom stereocenters. The Morgan fingerprint density at radius 3 is 1.93 bits per heavy atom. The van der Waals surface area contributed by atoms with Crippen molar-refractivity contribution in [3.63, 3.8) is 0 Å². The fourth-order valence-electron chi connectivity index (χ4n) is 1.35. The van der Waals surface area contributed by atoms with Crippen LogP contribution in [0.25, 0.3) is 0 Å². The molecule has 0 saturated heterocycles. The highest BCUT2D eigenvalue weighted by molar-refractivity contribution is 6.51. The molecule has 0 amide bonds. The lowest BCUT2D eigenvalue weighted by Gasteiger charge is -2.02. The van der Waals surface area contributed by atoms with Crippen LogP contribution in [0.5, 0.6) is 0 Å². The second-order valence-corrected chi connectivity index (χ2v) is 4.86. The van der Waals surface area contributed by atoms with Gasteiger partial charge in [-0.15, -0.1) is 23.2 Å². The molecule has 1 aromatic carbocycles. The van der Waals surface area contributed by atoms with E-state index in [9.17, 15) is 13.2 Å². The quantitative estimate of drug-likeness (QED) is 0.518. The predicted molar refractivity (Wildman–Crippen MR) is 48.1 cm³/mol. The van der Waals surface area contributed by atoms with E-state index in [1.807, 2.05) is 0 Å². The molecule has 0 nitrogen and oxygen atoms in total. The van der Waals surface area contributed by atoms with Crippen molar-refractivity contribution in [3.05, 3.63) is 35.1 Å². The van der Waals surface area contributed by atoms with Gasteiger partial charge in [0.05, 0.1) is 0 Å². The summed E-state index contributed by atoms with van der Waals surface area (Å²) in [6.07, 6.45) is 0.431. The number of hydrogen-bond acceptors (Lipinski definition) is 0. The highest BCUT2D eigenvalue weighted by atomic mass is 35.5. The van der Waals surface area contributed by atoms with Gasteiger partial charge in [0.25, 0.3) is 0 Å². The Kier molecular flexibility index (Phi) is 2.20. The lowest BCUT2D eigenvalue weighted by molar-refractivity contribution is 0.445. The van der Waals surface area contributed by atoms with Gasteiger partial charge in [0.2, 0.25) is 0 Å². The molecule has 0 bridgehead atoms. The van der Waals surface area contributed by atoms with Gasteiger partial charge in [-0.1, -0.05) is 0 Å². The van der Waals surface area contributed by atoms with E-state index in [0.29, 0.717) is 12.0 Å². The Morgan fingerprint density at radius 2 is 1.57 bits per heavy atom. The maximum Gasteiger partial charge on any atom is 0.194 e. The summed E-state index contributed by atoms with van der Waals surface area (Å²) in [7, 11) is 0. The van der Waals surface area contributed by atoms with Crippen molar-refractivity contribution < 1.29 is 13.2 Å². The molecule has 5 heteroatoms. The molecule has 0 radical (unpaired) electrons. The monoisotopic (exact) mass is 240 g/mol. The van der Waals surface area contributed by atoms with Gasteiger partial charge in [0.15, 0.2) is 17.5 Å². The van der Waals surface area contributed by atoms with Gasteiger partial charge in [-0.05, 0) is 24.1 Å². The lowest BCUT2D eigenvalue weighted by Crippen LogP contribution is -1.96. The molecular formula is C9H5Cl2F3. The van der Waals surface area contributed by atoms with Crippen molar-refractivity contribution >= 4 is 23.2 Å². The zero-order valence-corrected chi connectivity index (χ0v) is 8.34. The largest absolute Gasteiger partial charge is 0.204 e. The Bertz CT molecular complexity index is 367. The van der Waals surface area contributed by atoms with Crippen molar-refractivity contribution in [1.82, 2.24) is 0 Å². The van der Waals surface area contributed by atoms with Crippen LogP contribution in [0, 0.1) is 17.5 Å². The van der Waals surface area contributed by atoms with E-state index < -0.39 is 21.8 Å². The molecule has 1 aliphatic rings. The Morgan fingerprint density at radius 1 is 1.14 bits per heavy atom. The zero-order valence-electron chi connectivity index (χ0n) is 6.83. The third-order valence-electron chi connectivity index (χ3n) is 2.23. The van der Waals surface area contributed by atoms with E-state index in [-0.39, 0.29) is 5.92 Å². The van der Waals surface area contributed by atoms with Gasteiger partial charge >= 0.3 is 0 Å². The summed E-state index contributed by atoms with van der Waals surface area (Å²) in [4.78, 5) is 0. The van der Waals surface area contributed by atoms with Crippen LogP contribution < -0.4 is 0 Å². The summed E-state index contributed by atoms with van der Waals surface area (Å²) in [6.45, 7) is 0. The molecule has 2 rings (SSSR count). The third kappa shape index (κ3) is 1.59. The average Bonchev–Trinajstić information content (AvgIpc) is 2.70. The molecule has 0 N–H and O–H groups in total. The second kappa shape index (κ2) is 3.04. The number of hydrogen-bond donors (Lipinski definition) is 0. The van der Waals surface area contributed by atoms with E-state index in [2.05, 4.69) is 0 Å². The first kappa shape index (κ1) is 10.1. The van der Waals surface area contributed by atoms with Gasteiger partial charge in [-0.3, -0.25) is 0 Å². The summed E-state index contributed by atoms with van der Waals surface area (Å²) in [5.41, 5.74) is 0.298. The maximum atomic E-state index is 12.8. The summed E-state index contributed by atoms with van der Waals surface area (Å²) >= 11 is 11.4. The molecule has 0 aliphatic heterocycles. The van der Waals surface area contributed by atoms with Gasteiger partial charge < -0.3 is 0 Å². The molecule has 0 spiro atoms. The maximum absolute atomic E-state index is 12.8. The molecule has 1 atom stereocenters. The highest BCUT2D eigenvalue weighted by Gasteiger charge is 2.52. The minimum atomic E-state index is -1.47. The fraction of sp³-hybridized carbons (Fsp3) is 0.333. The number of rotatable bonds is 1. The molecule has 76 valence electrons. The number of alkyl halides is 2. The molecular weight excluding hydrogens is 236 g/mol. The fourth-order valence-corrected chi connectivity index (χ4v) is 1.91. The van der Waals surface area contributed by atoms with Crippen molar-refractivity contribution in [2.75, 3.05) is 0 Å². The van der Waals surface area contributed by atoms with E-state index in [4.69, 9.17) is 23.2 Å². The van der Waals surface area contributed by atoms with Gasteiger partial charge in [0.1, 0.15) is 4.33 Å². The van der Waals surface area contributed by atoms with Crippen LogP contribution in [0.4, 0.5) is 13.2 Å². The first-order chi connectivity index (χ1) is 6.42. The topological polar surface area (TPSA) is 0 Å². The molecule has 1 aromatic rings. The van der Waals surface area contributed by atoms with Gasteiger partial charge in [0, 0.05) is 5.92 Å². The van der Waals surface area contributed by atoms with Crippen LogP contribution in [0.3, 0.4) is 0 Å². The van der Waals surface area contributed by atoms with Crippen molar-refractivity contribution in [2.45, 2.75) is 16.7 Å². The lowest BCUT2D eigenvalue weighted by atomic mass is 10.1. The van der Waals surface area contributed by atoms with Crippen LogP contribution in [0.1, 0.15) is 17.9 Å². The Hall–Kier alpha value is -0.410. The van der Waals surface area contributed by atoms with Crippen LogP contribution in [-0.2, 0) is 0 Å². The minimum Gasteiger partial charge on any atom is -0.204 e. The SMILES string of the molecule is Fc1cc(C2CC2(Cl)Cl)cc(F)c1F. The standard InChI is InChI=1S/C9H5Cl2F3/c10-9(11)3-5(9)4-1-6(12)8(14)7(13)2-4/h1-2,5H,3H2. The van der Waals surface area contributed by atoms with E-state index in [1.165, 1.54) is 0 Å². The summed E-state index contributed by atoms with van der Waals surface area (Å²) < 4.78 is 37.2. The number of benzene rings is 1. The molecule has 1 fully saturated rings. The van der Waals surface area contributed by atoms with E-state index in [0.717, 1.165) is 12.1 Å². The summed E-state index contributed by atoms with van der Waals surface area (Å²) in [5.74, 6) is -4.20. The Labute approximate surface area is 88.6 Å². The molecule has 1 aliphatic carbocycles. The second-order valence-electron chi connectivity index (χ2n) is 3.32. The highest BCUT2D eigenvalue weighted by Crippen LogP contribution is 2.59. The summed E-state index contributed by atoms with van der Waals surface area (Å²) in [5, 5.41) is 0. The predicted octanol–water partition coefficient (Wildman–Crippen LogP) is 3.77. The smallest absolute Gasteiger partial charge is 0.194 e. The van der Waals surface area contributed by atoms with Gasteiger partial charge in [-0.25, -0.2) is 13.2 Å². The van der Waals surface area contributed by atoms with Crippen LogP contribution in [-0.4, -0.2) is 4.33 Å². The first-order valence-electron chi connectivity index (χ1n) is 3.94. The van der Waals surface area contributed by atoms with E-state index in [1.54, 1.807) is 0 Å². The summed E-state index contributed by atoms with van der Waals surface area (Å²) in [6, 6.07) is 1.85. The first-order valence-corrected chi connectivity index (χ1v) is 4.69. The zero-order chi connectivity index (χ0) is 10.5. The third-order valence-corrected chi connectivity index (χ3v) is 3.07. The molecule has 1 saturated carbocycles. The van der Waals surface area contributed by atoms with Crippen molar-refractivity contribution in [3.8, 4) is 0 Å². The van der Waals surface area contributed by atoms with Crippen molar-refractivity contribution in [1.29, 1.82) is 0 Å². The van der Waals surface area contributed by atoms with Gasteiger partial charge in [-0.2, -0.15) is 0 Å². The van der Waals surface area contributed by atoms with Crippen molar-refractivity contribution in [2.24, 2.45) is 0 Å². The molecule has 0 heterocycles. The van der Waals surface area contributed by atoms with Crippen LogP contribution in [0.2, 0.25) is 0 Å². The Balaban J connectivity index is 2.38.